The molecule has 2 saturated carbocycles. The lowest BCUT2D eigenvalue weighted by molar-refractivity contribution is 0.199. The summed E-state index contributed by atoms with van der Waals surface area (Å²) in [4.78, 5) is 0. The Hall–Kier alpha value is -0.260. The lowest BCUT2D eigenvalue weighted by Crippen LogP contribution is -2.22. The molecule has 2 rings (SSSR count). The number of hydrogen-bond acceptors (Lipinski definition) is 0. The number of allylic oxidation sites excluding steroid dienone is 1. The van der Waals surface area contributed by atoms with E-state index in [-0.39, 0.29) is 0 Å². The van der Waals surface area contributed by atoms with Crippen LogP contribution in [0, 0.1) is 23.7 Å². The van der Waals surface area contributed by atoms with Gasteiger partial charge in [0, 0.05) is 0 Å². The van der Waals surface area contributed by atoms with Crippen LogP contribution >= 0.6 is 0 Å². The molecule has 2 aliphatic carbocycles. The van der Waals surface area contributed by atoms with Crippen molar-refractivity contribution in [3.8, 4) is 0 Å². The minimum Gasteiger partial charge on any atom is -0.103 e. The fraction of sp³-hybridized carbons (Fsp3) is 0.833. The largest absolute Gasteiger partial charge is 0.103 e. The van der Waals surface area contributed by atoms with E-state index in [2.05, 4.69) is 19.6 Å². The van der Waals surface area contributed by atoms with Gasteiger partial charge in [0.2, 0.25) is 0 Å². The van der Waals surface area contributed by atoms with E-state index in [1.165, 1.54) is 32.1 Å². The van der Waals surface area contributed by atoms with Gasteiger partial charge in [-0.05, 0) is 49.4 Å². The summed E-state index contributed by atoms with van der Waals surface area (Å²) in [6.07, 6.45) is 9.56. The maximum Gasteiger partial charge on any atom is -0.0205 e. The molecule has 0 aromatic heterocycles. The number of fused-ring (bicyclic) bond motifs is 1. The molecule has 0 N–H and O–H groups in total. The molecule has 68 valence electrons. The molecule has 0 nitrogen and oxygen atoms in total. The third-order valence-electron chi connectivity index (χ3n) is 4.03. The monoisotopic (exact) mass is 164 g/mol. The molecule has 2 aliphatic rings. The van der Waals surface area contributed by atoms with Crippen LogP contribution in [0.25, 0.3) is 0 Å². The Balaban J connectivity index is 2.04. The summed E-state index contributed by atoms with van der Waals surface area (Å²) in [6, 6.07) is 0. The average molecular weight is 164 g/mol. The quantitative estimate of drug-likeness (QED) is 0.519. The molecule has 0 spiro atoms. The van der Waals surface area contributed by atoms with Gasteiger partial charge in [0.05, 0.1) is 0 Å². The van der Waals surface area contributed by atoms with Crippen LogP contribution in [0.2, 0.25) is 0 Å². The van der Waals surface area contributed by atoms with Crippen LogP contribution in [0.5, 0.6) is 0 Å². The second kappa shape index (κ2) is 3.24. The number of hydrogen-bond donors (Lipinski definition) is 0. The third kappa shape index (κ3) is 1.32. The maximum absolute atomic E-state index is 3.96. The van der Waals surface area contributed by atoms with Crippen molar-refractivity contribution in [3.63, 3.8) is 0 Å². The van der Waals surface area contributed by atoms with E-state index in [4.69, 9.17) is 0 Å². The standard InChI is InChI=1S/C12H20/c1-3-10-6-7-11-5-4-9(2)8-12(10)11/h3,9-12H,1,4-8H2,2H3/t9?,10-,11-,12+/m1/s1. The molecule has 0 saturated heterocycles. The second-order valence-electron chi connectivity index (χ2n) is 4.82. The first kappa shape index (κ1) is 8.34. The molecule has 0 bridgehead atoms. The highest BCUT2D eigenvalue weighted by Crippen LogP contribution is 2.47. The summed E-state index contributed by atoms with van der Waals surface area (Å²) in [7, 11) is 0. The van der Waals surface area contributed by atoms with Gasteiger partial charge in [0.1, 0.15) is 0 Å². The smallest absolute Gasteiger partial charge is 0.0205 e. The molecule has 1 unspecified atom stereocenters. The highest BCUT2D eigenvalue weighted by Gasteiger charge is 2.37. The lowest BCUT2D eigenvalue weighted by Gasteiger charge is -2.32. The zero-order valence-corrected chi connectivity index (χ0v) is 8.13. The van der Waals surface area contributed by atoms with Gasteiger partial charge in [-0.1, -0.05) is 19.4 Å². The molecule has 0 aliphatic heterocycles. The minimum absolute atomic E-state index is 0.859. The Bertz CT molecular complexity index is 171. The van der Waals surface area contributed by atoms with Crippen LogP contribution in [-0.2, 0) is 0 Å². The summed E-state index contributed by atoms with van der Waals surface area (Å²) in [5.41, 5.74) is 0. The van der Waals surface area contributed by atoms with E-state index in [1.54, 1.807) is 0 Å². The van der Waals surface area contributed by atoms with Crippen LogP contribution in [0.3, 0.4) is 0 Å². The first-order valence-corrected chi connectivity index (χ1v) is 5.44. The summed E-state index contributed by atoms with van der Waals surface area (Å²) < 4.78 is 0. The molecule has 0 amide bonds. The van der Waals surface area contributed by atoms with Crippen LogP contribution in [0.4, 0.5) is 0 Å². The van der Waals surface area contributed by atoms with Gasteiger partial charge in [-0.25, -0.2) is 0 Å². The SMILES string of the molecule is C=C[C@@H]1CC[C@H]2CCC(C)C[C@H]21. The van der Waals surface area contributed by atoms with E-state index in [0.717, 1.165) is 23.7 Å². The number of rotatable bonds is 1. The van der Waals surface area contributed by atoms with Crippen molar-refractivity contribution in [2.24, 2.45) is 23.7 Å². The van der Waals surface area contributed by atoms with Crippen molar-refractivity contribution >= 4 is 0 Å². The Morgan fingerprint density at radius 2 is 1.92 bits per heavy atom. The van der Waals surface area contributed by atoms with Gasteiger partial charge in [-0.15, -0.1) is 6.58 Å². The summed E-state index contributed by atoms with van der Waals surface area (Å²) in [5, 5.41) is 0. The fourth-order valence-corrected chi connectivity index (χ4v) is 3.28. The fourth-order valence-electron chi connectivity index (χ4n) is 3.28. The lowest BCUT2D eigenvalue weighted by atomic mass is 9.74. The normalized spacial score (nSPS) is 47.1. The first-order valence-electron chi connectivity index (χ1n) is 5.44. The summed E-state index contributed by atoms with van der Waals surface area (Å²) in [6.45, 7) is 6.37. The van der Waals surface area contributed by atoms with Crippen molar-refractivity contribution in [1.29, 1.82) is 0 Å². The molecule has 0 aromatic rings. The molecular formula is C12H20. The van der Waals surface area contributed by atoms with Crippen LogP contribution in [0.15, 0.2) is 12.7 Å². The Labute approximate surface area is 76.1 Å². The third-order valence-corrected chi connectivity index (χ3v) is 4.03. The molecule has 12 heavy (non-hydrogen) atoms. The van der Waals surface area contributed by atoms with Crippen LogP contribution < -0.4 is 0 Å². The highest BCUT2D eigenvalue weighted by atomic mass is 14.4. The molecule has 0 heterocycles. The Kier molecular flexibility index (Phi) is 2.25. The van der Waals surface area contributed by atoms with Gasteiger partial charge in [-0.2, -0.15) is 0 Å². The average Bonchev–Trinajstić information content (AvgIpc) is 2.46. The van der Waals surface area contributed by atoms with Crippen molar-refractivity contribution < 1.29 is 0 Å². The second-order valence-corrected chi connectivity index (χ2v) is 4.82. The van der Waals surface area contributed by atoms with Gasteiger partial charge in [0.15, 0.2) is 0 Å². The minimum atomic E-state index is 0.859. The molecule has 0 aromatic carbocycles. The topological polar surface area (TPSA) is 0 Å². The summed E-state index contributed by atoms with van der Waals surface area (Å²) in [5.74, 6) is 3.90. The Morgan fingerprint density at radius 3 is 2.67 bits per heavy atom. The molecule has 0 radical (unpaired) electrons. The van der Waals surface area contributed by atoms with Gasteiger partial charge < -0.3 is 0 Å². The zero-order chi connectivity index (χ0) is 8.55. The predicted octanol–water partition coefficient (Wildman–Crippen LogP) is 3.63. The zero-order valence-electron chi connectivity index (χ0n) is 8.13. The van der Waals surface area contributed by atoms with E-state index in [1.807, 2.05) is 0 Å². The van der Waals surface area contributed by atoms with Gasteiger partial charge in [0.25, 0.3) is 0 Å². The van der Waals surface area contributed by atoms with E-state index in [9.17, 15) is 0 Å². The van der Waals surface area contributed by atoms with Crippen LogP contribution in [0.1, 0.15) is 39.0 Å². The Morgan fingerprint density at radius 1 is 1.17 bits per heavy atom. The van der Waals surface area contributed by atoms with E-state index >= 15 is 0 Å². The first-order chi connectivity index (χ1) is 5.81. The van der Waals surface area contributed by atoms with Crippen molar-refractivity contribution in [1.82, 2.24) is 0 Å². The van der Waals surface area contributed by atoms with E-state index in [0.29, 0.717) is 0 Å². The highest BCUT2D eigenvalue weighted by molar-refractivity contribution is 4.96. The van der Waals surface area contributed by atoms with Crippen molar-refractivity contribution in [2.75, 3.05) is 0 Å². The molecule has 0 heteroatoms. The van der Waals surface area contributed by atoms with Crippen molar-refractivity contribution in [3.05, 3.63) is 12.7 Å². The van der Waals surface area contributed by atoms with Gasteiger partial charge >= 0.3 is 0 Å². The summed E-state index contributed by atoms with van der Waals surface area (Å²) >= 11 is 0. The molecular weight excluding hydrogens is 144 g/mol. The van der Waals surface area contributed by atoms with E-state index < -0.39 is 0 Å². The molecule has 2 fully saturated rings. The molecule has 4 atom stereocenters. The van der Waals surface area contributed by atoms with Gasteiger partial charge in [-0.3, -0.25) is 0 Å². The predicted molar refractivity (Wildman–Crippen MR) is 52.9 cm³/mol. The van der Waals surface area contributed by atoms with Crippen LogP contribution in [-0.4, -0.2) is 0 Å². The maximum atomic E-state index is 3.96. The van der Waals surface area contributed by atoms with Crippen molar-refractivity contribution in [2.45, 2.75) is 39.0 Å².